The molecular formula is C45H70N2O9Si2. The van der Waals surface area contributed by atoms with E-state index in [0.717, 1.165) is 36.8 Å². The third kappa shape index (κ3) is 8.09. The van der Waals surface area contributed by atoms with E-state index in [4.69, 9.17) is 27.6 Å². The third-order valence-corrected chi connectivity index (χ3v) is 22.2. The quantitative estimate of drug-likeness (QED) is 0.0985. The number of hydrogen-bond acceptors (Lipinski definition) is 11. The summed E-state index contributed by atoms with van der Waals surface area (Å²) in [6.45, 7) is 26.4. The smallest absolute Gasteiger partial charge is 0.265 e. The topological polar surface area (TPSA) is 130 Å². The fraction of sp³-hybridized carbons (Fsp3) is 0.667. The zero-order valence-electron chi connectivity index (χ0n) is 37.9. The van der Waals surface area contributed by atoms with Gasteiger partial charge in [-0.05, 0) is 106 Å². The highest BCUT2D eigenvalue weighted by molar-refractivity contribution is 6.74. The van der Waals surface area contributed by atoms with Crippen LogP contribution >= 0.6 is 0 Å². The van der Waals surface area contributed by atoms with Gasteiger partial charge in [0.2, 0.25) is 14.1 Å². The molecule has 0 aliphatic heterocycles. The summed E-state index contributed by atoms with van der Waals surface area (Å²) in [4.78, 5) is 32.9. The van der Waals surface area contributed by atoms with Gasteiger partial charge in [0, 0.05) is 22.6 Å². The van der Waals surface area contributed by atoms with Crippen molar-refractivity contribution >= 4 is 28.2 Å². The van der Waals surface area contributed by atoms with Crippen molar-refractivity contribution in [3.05, 3.63) is 57.8 Å². The Labute approximate surface area is 349 Å². The summed E-state index contributed by atoms with van der Waals surface area (Å²) >= 11 is 0. The summed E-state index contributed by atoms with van der Waals surface area (Å²) in [5, 5.41) is 17.0. The highest BCUT2D eigenvalue weighted by Gasteiger charge is 2.67. The number of ketones is 2. The van der Waals surface area contributed by atoms with E-state index < -0.39 is 45.9 Å². The SMILES string of the molecule is CCCCOc1noc2c1C(=O)[C@@]1(O[Si](C)(C)C(C)(C)C)C(O)=C3C(=O)c4c(c(OC)cc(C/C=C\O[Si](C)(C)C(C)(C)C)c4OCCCC)C[C@H]3C[C@H]1[C@@H]2N(C)C. The summed E-state index contributed by atoms with van der Waals surface area (Å²) in [5.74, 6) is -0.716. The number of unbranched alkanes of at least 4 members (excludes halogenated alkanes) is 2. The predicted molar refractivity (Wildman–Crippen MR) is 232 cm³/mol. The molecule has 13 heteroatoms. The van der Waals surface area contributed by atoms with Crippen LogP contribution in [-0.4, -0.2) is 83.4 Å². The molecule has 0 spiro atoms. The van der Waals surface area contributed by atoms with Crippen LogP contribution in [0.4, 0.5) is 0 Å². The molecule has 1 aromatic heterocycles. The second-order valence-corrected chi connectivity index (χ2v) is 29.2. The summed E-state index contributed by atoms with van der Waals surface area (Å²) < 4.78 is 38.4. The second-order valence-electron chi connectivity index (χ2n) is 19.7. The van der Waals surface area contributed by atoms with E-state index in [0.29, 0.717) is 55.3 Å². The van der Waals surface area contributed by atoms with Crippen molar-refractivity contribution in [2.24, 2.45) is 11.8 Å². The minimum atomic E-state index is -2.86. The molecule has 1 heterocycles. The monoisotopic (exact) mass is 838 g/mol. The van der Waals surface area contributed by atoms with Gasteiger partial charge < -0.3 is 32.7 Å². The lowest BCUT2D eigenvalue weighted by atomic mass is 9.58. The van der Waals surface area contributed by atoms with Crippen molar-refractivity contribution in [2.75, 3.05) is 34.4 Å². The van der Waals surface area contributed by atoms with E-state index in [1.165, 1.54) is 0 Å². The Bertz CT molecular complexity index is 1920. The molecule has 0 fully saturated rings. The molecule has 322 valence electrons. The van der Waals surface area contributed by atoms with Gasteiger partial charge in [0.1, 0.15) is 22.8 Å². The number of methoxy groups -OCH3 is 1. The van der Waals surface area contributed by atoms with Crippen molar-refractivity contribution in [3.8, 4) is 17.4 Å². The number of ether oxygens (including phenoxy) is 3. The van der Waals surface area contributed by atoms with Gasteiger partial charge in [-0.25, -0.2) is 0 Å². The average Bonchev–Trinajstić information content (AvgIpc) is 3.54. The van der Waals surface area contributed by atoms with E-state index in [-0.39, 0.29) is 38.6 Å². The van der Waals surface area contributed by atoms with E-state index in [2.05, 4.69) is 86.7 Å². The molecule has 1 aromatic carbocycles. The largest absolute Gasteiger partial charge is 0.549 e. The van der Waals surface area contributed by atoms with Crippen LogP contribution in [0.15, 0.2) is 34.3 Å². The van der Waals surface area contributed by atoms with Gasteiger partial charge in [0.15, 0.2) is 25.5 Å². The Balaban J connectivity index is 1.74. The summed E-state index contributed by atoms with van der Waals surface area (Å²) in [7, 11) is 0.565. The first-order chi connectivity index (χ1) is 27.0. The maximum atomic E-state index is 15.5. The van der Waals surface area contributed by atoms with Crippen LogP contribution < -0.4 is 14.2 Å². The molecule has 58 heavy (non-hydrogen) atoms. The second kappa shape index (κ2) is 16.9. The van der Waals surface area contributed by atoms with Gasteiger partial charge in [-0.2, -0.15) is 0 Å². The van der Waals surface area contributed by atoms with Gasteiger partial charge >= 0.3 is 0 Å². The molecule has 11 nitrogen and oxygen atoms in total. The molecule has 3 aliphatic carbocycles. The van der Waals surface area contributed by atoms with Crippen LogP contribution in [0.25, 0.3) is 0 Å². The third-order valence-electron chi connectivity index (χ3n) is 13.4. The Hall–Kier alpha value is -3.40. The maximum Gasteiger partial charge on any atom is 0.265 e. The molecule has 4 atom stereocenters. The van der Waals surface area contributed by atoms with Crippen molar-refractivity contribution < 1.29 is 42.3 Å². The molecule has 0 radical (unpaired) electrons. The summed E-state index contributed by atoms with van der Waals surface area (Å²) in [6.07, 6.45) is 8.31. The number of benzene rings is 1. The zero-order chi connectivity index (χ0) is 43.2. The molecule has 0 bridgehead atoms. The molecule has 3 aliphatic rings. The van der Waals surface area contributed by atoms with Crippen LogP contribution in [0.3, 0.4) is 0 Å². The first-order valence-corrected chi connectivity index (χ1v) is 27.0. The number of aromatic nitrogens is 1. The number of rotatable bonds is 16. The van der Waals surface area contributed by atoms with E-state index in [1.807, 2.05) is 31.1 Å². The van der Waals surface area contributed by atoms with Crippen LogP contribution in [0.5, 0.6) is 17.4 Å². The summed E-state index contributed by atoms with van der Waals surface area (Å²) in [6, 6.07) is 1.45. The molecule has 0 amide bonds. The van der Waals surface area contributed by atoms with Gasteiger partial charge in [-0.15, -0.1) is 0 Å². The number of aliphatic hydroxyl groups excluding tert-OH is 1. The van der Waals surface area contributed by atoms with E-state index in [1.54, 1.807) is 13.4 Å². The van der Waals surface area contributed by atoms with Crippen LogP contribution in [0.2, 0.25) is 36.3 Å². The van der Waals surface area contributed by atoms with Gasteiger partial charge in [-0.3, -0.25) is 14.5 Å². The molecule has 1 N–H and O–H groups in total. The van der Waals surface area contributed by atoms with Crippen molar-refractivity contribution in [1.29, 1.82) is 0 Å². The first-order valence-electron chi connectivity index (χ1n) is 21.2. The van der Waals surface area contributed by atoms with E-state index in [9.17, 15) is 5.11 Å². The normalized spacial score (nSPS) is 22.5. The lowest BCUT2D eigenvalue weighted by molar-refractivity contribution is -0.0480. The van der Waals surface area contributed by atoms with E-state index >= 15 is 9.59 Å². The van der Waals surface area contributed by atoms with Crippen molar-refractivity contribution in [2.45, 2.75) is 148 Å². The number of nitrogens with zero attached hydrogens (tertiary/aromatic N) is 2. The number of allylic oxidation sites excluding steroid dienone is 2. The van der Waals surface area contributed by atoms with Crippen molar-refractivity contribution in [3.63, 3.8) is 0 Å². The Morgan fingerprint density at radius 2 is 1.59 bits per heavy atom. The van der Waals surface area contributed by atoms with Gasteiger partial charge in [0.25, 0.3) is 5.88 Å². The number of hydrogen-bond donors (Lipinski definition) is 1. The van der Waals surface area contributed by atoms with Crippen LogP contribution in [0, 0.1) is 11.8 Å². The minimum Gasteiger partial charge on any atom is -0.549 e. The molecule has 0 unspecified atom stereocenters. The predicted octanol–water partition coefficient (Wildman–Crippen LogP) is 10.6. The number of Topliss-reactive ketones (excluding diaryl/α,β-unsaturated/α-hetero) is 2. The number of fused-ring (bicyclic) bond motifs is 4. The highest BCUT2D eigenvalue weighted by atomic mass is 28.4. The molecule has 5 rings (SSSR count). The Kier molecular flexibility index (Phi) is 13.3. The number of aliphatic hydroxyl groups is 1. The Morgan fingerprint density at radius 3 is 2.16 bits per heavy atom. The summed E-state index contributed by atoms with van der Waals surface area (Å²) in [5.41, 5.74) is 0.339. The van der Waals surface area contributed by atoms with Crippen LogP contribution in [0.1, 0.15) is 131 Å². The lowest BCUT2D eigenvalue weighted by Gasteiger charge is -2.55. The van der Waals surface area contributed by atoms with Crippen molar-refractivity contribution in [1.82, 2.24) is 10.1 Å². The van der Waals surface area contributed by atoms with Gasteiger partial charge in [0.05, 0.1) is 38.2 Å². The standard InChI is InChI=1S/C45H70N2O9Si2/c1-16-18-22-52-38-28(21-20-24-54-57(12,13)43(3,4)5)27-32(51-11)30-25-29-26-31-36(47(9)10)39-35(42(46-55-39)53-23-19-17-2)41(50)45(31,56-58(14,15)44(6,7)8)40(49)33(29)37(48)34(30)38/h20,24,27,29,31,36,49H,16-19,21-23,25-26H2,1-15H3/b24-20-/t29-,31-,36-,45-/m0/s1. The van der Waals surface area contributed by atoms with Gasteiger partial charge in [-0.1, -0.05) is 68.2 Å². The van der Waals surface area contributed by atoms with Crippen LogP contribution in [-0.2, 0) is 21.7 Å². The Morgan fingerprint density at radius 1 is 0.966 bits per heavy atom. The molecular weight excluding hydrogens is 769 g/mol. The fourth-order valence-electron chi connectivity index (χ4n) is 8.01. The fourth-order valence-corrected chi connectivity index (χ4v) is 10.2. The first kappa shape index (κ1) is 45.7. The average molecular weight is 839 g/mol. The molecule has 0 saturated heterocycles. The minimum absolute atomic E-state index is 0.0375. The number of carbonyl (C=O) groups is 2. The number of carbonyl (C=O) groups excluding carboxylic acids is 2. The molecule has 2 aromatic rings. The lowest BCUT2D eigenvalue weighted by Crippen LogP contribution is -2.65. The maximum absolute atomic E-state index is 15.5. The highest BCUT2D eigenvalue weighted by Crippen LogP contribution is 2.60. The zero-order valence-corrected chi connectivity index (χ0v) is 39.9. The molecule has 0 saturated carbocycles.